The van der Waals surface area contributed by atoms with Crippen LogP contribution in [-0.2, 0) is 17.6 Å². The number of hydrogen-bond donors (Lipinski definition) is 1. The number of nitrogens with two attached hydrogens (primary N) is 1. The van der Waals surface area contributed by atoms with Crippen LogP contribution >= 0.6 is 0 Å². The molecule has 1 unspecified atom stereocenters. The maximum Gasteiger partial charge on any atom is 0.140 e. The predicted octanol–water partition coefficient (Wildman–Crippen LogP) is 2.35. The Bertz CT molecular complexity index is 329. The maximum atomic E-state index is 11.8. The Hall–Kier alpha value is -1.15. The van der Waals surface area contributed by atoms with Crippen molar-refractivity contribution in [1.29, 1.82) is 0 Å². The number of benzene rings is 1. The van der Waals surface area contributed by atoms with Crippen LogP contribution in [0.3, 0.4) is 0 Å². The van der Waals surface area contributed by atoms with Crippen LogP contribution in [0.2, 0.25) is 0 Å². The Balaban J connectivity index is 2.55. The van der Waals surface area contributed by atoms with Crippen molar-refractivity contribution in [2.75, 3.05) is 6.54 Å². The molecule has 0 fully saturated rings. The monoisotopic (exact) mass is 219 g/mol. The molecule has 16 heavy (non-hydrogen) atoms. The van der Waals surface area contributed by atoms with Gasteiger partial charge in [-0.15, -0.1) is 0 Å². The molecule has 1 aromatic rings. The van der Waals surface area contributed by atoms with Crippen LogP contribution in [0.25, 0.3) is 0 Å². The smallest absolute Gasteiger partial charge is 0.140 e. The van der Waals surface area contributed by atoms with Crippen LogP contribution in [-0.4, -0.2) is 12.3 Å². The topological polar surface area (TPSA) is 43.1 Å². The molecular formula is C14H21NO. The molecule has 1 aromatic carbocycles. The lowest BCUT2D eigenvalue weighted by Gasteiger charge is -2.09. The first-order chi connectivity index (χ1) is 7.67. The van der Waals surface area contributed by atoms with Crippen molar-refractivity contribution in [3.63, 3.8) is 0 Å². The van der Waals surface area contributed by atoms with E-state index < -0.39 is 0 Å². The average molecular weight is 219 g/mol. The molecule has 1 atom stereocenters. The van der Waals surface area contributed by atoms with E-state index in [9.17, 15) is 4.79 Å². The highest BCUT2D eigenvalue weighted by Gasteiger charge is 2.12. The van der Waals surface area contributed by atoms with Crippen molar-refractivity contribution < 1.29 is 4.79 Å². The molecule has 2 nitrogen and oxygen atoms in total. The molecule has 0 aliphatic rings. The van der Waals surface area contributed by atoms with E-state index in [0.29, 0.717) is 13.0 Å². The zero-order chi connectivity index (χ0) is 12.0. The highest BCUT2D eigenvalue weighted by molar-refractivity contribution is 5.82. The molecule has 0 bridgehead atoms. The lowest BCUT2D eigenvalue weighted by atomic mass is 9.96. The van der Waals surface area contributed by atoms with Crippen molar-refractivity contribution in [1.82, 2.24) is 0 Å². The van der Waals surface area contributed by atoms with Gasteiger partial charge in [-0.25, -0.2) is 0 Å². The van der Waals surface area contributed by atoms with Crippen LogP contribution in [0.4, 0.5) is 0 Å². The molecule has 88 valence electrons. The lowest BCUT2D eigenvalue weighted by Crippen LogP contribution is -2.17. The summed E-state index contributed by atoms with van der Waals surface area (Å²) in [6, 6.07) is 8.28. The molecule has 0 spiro atoms. The molecule has 0 aliphatic carbocycles. The Labute approximate surface area is 97.9 Å². The minimum absolute atomic E-state index is 0.0795. The molecule has 2 heteroatoms. The van der Waals surface area contributed by atoms with Gasteiger partial charge in [0, 0.05) is 12.3 Å². The van der Waals surface area contributed by atoms with Crippen molar-refractivity contribution >= 4 is 5.78 Å². The summed E-state index contributed by atoms with van der Waals surface area (Å²) in [5.41, 5.74) is 7.86. The first-order valence-corrected chi connectivity index (χ1v) is 5.98. The maximum absolute atomic E-state index is 11.8. The quantitative estimate of drug-likeness (QED) is 0.798. The SMILES string of the molecule is CCc1ccc(CC(=O)C(C)CCN)cc1. The number of aryl methyl sites for hydroxylation is 1. The summed E-state index contributed by atoms with van der Waals surface area (Å²) in [4.78, 5) is 11.8. The Morgan fingerprint density at radius 3 is 2.31 bits per heavy atom. The second kappa shape index (κ2) is 6.44. The predicted molar refractivity (Wildman–Crippen MR) is 67.4 cm³/mol. The molecule has 0 aromatic heterocycles. The summed E-state index contributed by atoms with van der Waals surface area (Å²) in [5.74, 6) is 0.366. The van der Waals surface area contributed by atoms with Gasteiger partial charge in [0.15, 0.2) is 0 Å². The first kappa shape index (κ1) is 12.9. The lowest BCUT2D eigenvalue weighted by molar-refractivity contribution is -0.121. The number of hydrogen-bond acceptors (Lipinski definition) is 2. The van der Waals surface area contributed by atoms with E-state index >= 15 is 0 Å². The van der Waals surface area contributed by atoms with Crippen LogP contribution in [0.15, 0.2) is 24.3 Å². The fourth-order valence-corrected chi connectivity index (χ4v) is 1.68. The summed E-state index contributed by atoms with van der Waals surface area (Å²) in [7, 11) is 0. The Kier molecular flexibility index (Phi) is 5.20. The van der Waals surface area contributed by atoms with Crippen molar-refractivity contribution in [2.45, 2.75) is 33.1 Å². The van der Waals surface area contributed by atoms with Gasteiger partial charge in [0.05, 0.1) is 0 Å². The van der Waals surface area contributed by atoms with Gasteiger partial charge in [-0.2, -0.15) is 0 Å². The van der Waals surface area contributed by atoms with Crippen LogP contribution in [0.5, 0.6) is 0 Å². The zero-order valence-electron chi connectivity index (χ0n) is 10.2. The molecule has 0 heterocycles. The normalized spacial score (nSPS) is 12.4. The number of ketones is 1. The van der Waals surface area contributed by atoms with Gasteiger partial charge in [0.2, 0.25) is 0 Å². The van der Waals surface area contributed by atoms with E-state index in [1.165, 1.54) is 5.56 Å². The third kappa shape index (κ3) is 3.78. The second-order valence-electron chi connectivity index (χ2n) is 4.29. The van der Waals surface area contributed by atoms with Gasteiger partial charge < -0.3 is 5.73 Å². The van der Waals surface area contributed by atoms with E-state index in [0.717, 1.165) is 18.4 Å². The summed E-state index contributed by atoms with van der Waals surface area (Å²) >= 11 is 0. The van der Waals surface area contributed by atoms with E-state index in [2.05, 4.69) is 19.1 Å². The summed E-state index contributed by atoms with van der Waals surface area (Å²) in [6.45, 7) is 4.67. The molecule has 0 amide bonds. The zero-order valence-corrected chi connectivity index (χ0v) is 10.2. The molecule has 0 radical (unpaired) electrons. The molecule has 1 rings (SSSR count). The largest absolute Gasteiger partial charge is 0.330 e. The molecule has 0 saturated heterocycles. The van der Waals surface area contributed by atoms with E-state index in [1.54, 1.807) is 0 Å². The van der Waals surface area contributed by atoms with Gasteiger partial charge >= 0.3 is 0 Å². The molecule has 2 N–H and O–H groups in total. The average Bonchev–Trinajstić information content (AvgIpc) is 2.30. The fraction of sp³-hybridized carbons (Fsp3) is 0.500. The van der Waals surface area contributed by atoms with Crippen LogP contribution < -0.4 is 5.73 Å². The first-order valence-electron chi connectivity index (χ1n) is 5.98. The fourth-order valence-electron chi connectivity index (χ4n) is 1.68. The highest BCUT2D eigenvalue weighted by atomic mass is 16.1. The van der Waals surface area contributed by atoms with Crippen molar-refractivity contribution in [3.05, 3.63) is 35.4 Å². The van der Waals surface area contributed by atoms with Crippen LogP contribution in [0.1, 0.15) is 31.4 Å². The minimum Gasteiger partial charge on any atom is -0.330 e. The van der Waals surface area contributed by atoms with Gasteiger partial charge in [-0.3, -0.25) is 4.79 Å². The van der Waals surface area contributed by atoms with E-state index in [1.807, 2.05) is 19.1 Å². The molecule has 0 saturated carbocycles. The van der Waals surface area contributed by atoms with Gasteiger partial charge in [0.1, 0.15) is 5.78 Å². The van der Waals surface area contributed by atoms with Gasteiger partial charge in [-0.1, -0.05) is 38.1 Å². The van der Waals surface area contributed by atoms with Gasteiger partial charge in [-0.05, 0) is 30.5 Å². The highest BCUT2D eigenvalue weighted by Crippen LogP contribution is 2.10. The number of rotatable bonds is 6. The Morgan fingerprint density at radius 1 is 1.25 bits per heavy atom. The Morgan fingerprint density at radius 2 is 1.81 bits per heavy atom. The van der Waals surface area contributed by atoms with Crippen molar-refractivity contribution in [2.24, 2.45) is 11.7 Å². The number of carbonyl (C=O) groups excluding carboxylic acids is 1. The summed E-state index contributed by atoms with van der Waals surface area (Å²) in [5, 5.41) is 0. The third-order valence-corrected chi connectivity index (χ3v) is 2.96. The van der Waals surface area contributed by atoms with E-state index in [4.69, 9.17) is 5.73 Å². The summed E-state index contributed by atoms with van der Waals surface area (Å²) < 4.78 is 0. The molecular weight excluding hydrogens is 198 g/mol. The standard InChI is InChI=1S/C14H21NO/c1-3-12-4-6-13(7-5-12)10-14(16)11(2)8-9-15/h4-7,11H,3,8-10,15H2,1-2H3. The second-order valence-corrected chi connectivity index (χ2v) is 4.29. The summed E-state index contributed by atoms with van der Waals surface area (Å²) in [6.07, 6.45) is 2.36. The van der Waals surface area contributed by atoms with Gasteiger partial charge in [0.25, 0.3) is 0 Å². The van der Waals surface area contributed by atoms with E-state index in [-0.39, 0.29) is 11.7 Å². The molecule has 0 aliphatic heterocycles. The minimum atomic E-state index is 0.0795. The van der Waals surface area contributed by atoms with Crippen molar-refractivity contribution in [3.8, 4) is 0 Å². The number of Topliss-reactive ketones (excluding diaryl/α,β-unsaturated/α-hetero) is 1. The third-order valence-electron chi connectivity index (χ3n) is 2.96. The number of carbonyl (C=O) groups is 1. The van der Waals surface area contributed by atoms with Crippen LogP contribution in [0, 0.1) is 5.92 Å².